The maximum absolute atomic E-state index is 12.0. The summed E-state index contributed by atoms with van der Waals surface area (Å²) in [6.07, 6.45) is 0. The number of hydrogen-bond acceptors (Lipinski definition) is 2. The molecule has 0 amide bonds. The minimum atomic E-state index is -1.50. The van der Waals surface area contributed by atoms with Crippen LogP contribution in [0.5, 0.6) is 0 Å². The summed E-state index contributed by atoms with van der Waals surface area (Å²) in [7, 11) is 0. The first-order valence-corrected chi connectivity index (χ1v) is 44.9. The number of fused-ring (bicyclic) bond motifs is 10. The van der Waals surface area contributed by atoms with Crippen LogP contribution in [0.2, 0.25) is 0 Å². The number of hydrogen-bond donors (Lipinski definition) is 0. The fraction of sp³-hybridized carbons (Fsp3) is 0.323. The van der Waals surface area contributed by atoms with Gasteiger partial charge in [0, 0.05) is 72.2 Å². The number of benzene rings is 14. The lowest BCUT2D eigenvalue weighted by molar-refractivity contribution is 0.568. The van der Waals surface area contributed by atoms with E-state index in [2.05, 4.69) is 70.4 Å². The average Bonchev–Trinajstić information content (AvgIpc) is 1.12. The molecule has 0 N–H and O–H groups in total. The van der Waals surface area contributed by atoms with E-state index in [1.165, 1.54) is 16.7 Å². The lowest BCUT2D eigenvalue weighted by atomic mass is 9.33. The van der Waals surface area contributed by atoms with Crippen LogP contribution in [0.4, 0.5) is 34.1 Å². The van der Waals surface area contributed by atoms with E-state index in [1.54, 1.807) is 194 Å². The van der Waals surface area contributed by atoms with Gasteiger partial charge >= 0.3 is 0 Å². The highest BCUT2D eigenvalue weighted by Crippen LogP contribution is 2.59. The van der Waals surface area contributed by atoms with E-state index in [0.29, 0.717) is 16.7 Å². The molecular formula is C124H135BN4. The molecule has 0 spiro atoms. The van der Waals surface area contributed by atoms with Crippen LogP contribution in [0.1, 0.15) is 306 Å². The Kier molecular flexibility index (Phi) is 13.7. The number of anilines is 6. The Bertz CT molecular complexity index is 8870. The number of aromatic nitrogens is 2. The second kappa shape index (κ2) is 30.5. The molecule has 4 heterocycles. The maximum atomic E-state index is 12.0. The van der Waals surface area contributed by atoms with E-state index >= 15 is 0 Å². The topological polar surface area (TPSA) is 16.3 Å². The average molecular weight is 1720 g/mol. The van der Waals surface area contributed by atoms with Gasteiger partial charge in [0.2, 0.25) is 0 Å². The molecule has 0 saturated heterocycles. The fourth-order valence-corrected chi connectivity index (χ4v) is 17.9. The molecule has 0 atom stereocenters. The summed E-state index contributed by atoms with van der Waals surface area (Å²) in [5.41, 5.74) is -13.8. The maximum Gasteiger partial charge on any atom is 0.252 e. The van der Waals surface area contributed by atoms with E-state index in [9.17, 15) is 42.5 Å². The van der Waals surface area contributed by atoms with Gasteiger partial charge in [0.1, 0.15) is 0 Å². The highest BCUT2D eigenvalue weighted by atomic mass is 15.2. The lowest BCUT2D eigenvalue weighted by Crippen LogP contribution is -2.61. The van der Waals surface area contributed by atoms with E-state index in [4.69, 9.17) is 0 Å². The smallest absolute Gasteiger partial charge is 0.252 e. The normalized spacial score (nSPS) is 17.1. The van der Waals surface area contributed by atoms with Gasteiger partial charge in [-0.1, -0.05) is 389 Å². The Morgan fingerprint density at radius 1 is 0.233 bits per heavy atom. The summed E-state index contributed by atoms with van der Waals surface area (Å²) in [6.45, 7) is 53.4. The molecule has 0 fully saturated rings. The second-order valence-electron chi connectivity index (χ2n) is 45.5. The lowest BCUT2D eigenvalue weighted by Gasteiger charge is -2.46. The Labute approximate surface area is 815 Å². The van der Waals surface area contributed by atoms with Crippen LogP contribution in [-0.4, -0.2) is 15.8 Å². The zero-order chi connectivity index (χ0) is 119. The van der Waals surface area contributed by atoms with Crippen molar-refractivity contribution in [1.82, 2.24) is 9.13 Å². The molecule has 0 unspecified atom stereocenters. The first-order valence-electron chi connectivity index (χ1n) is 60.4. The Morgan fingerprint density at radius 3 is 1.02 bits per heavy atom. The molecule has 129 heavy (non-hydrogen) atoms. The summed E-state index contributed by atoms with van der Waals surface area (Å²) >= 11 is 0. The molecule has 0 aliphatic carbocycles. The van der Waals surface area contributed by atoms with Crippen molar-refractivity contribution in [2.45, 2.75) is 262 Å². The van der Waals surface area contributed by atoms with Crippen LogP contribution in [0.15, 0.2) is 272 Å². The standard InChI is InChI=1S/C124H135BN4/c1-115(2,3)81-52-47-77(48-53-81)93-69-87(121(19,20)21)71-95(80-63-85(119(13,14)15)66-86(64-80)120(16,17)18)113(93)129-108-73-89(126-105-61-56-83(117(7,8)9)67-96(105)97-68-84(118(10,11)12)57-62-106(97)126)58-60-102(108)125-101-59-51-79(76-39-32-31-33-40-76)65-107(101)128(109-74-90(75-110(129)112(109)125)127-103-45-36-34-41-91(103)92-42-35-37-46-104(92)127)114-94(78-49-54-82(55-50-78)116(4,5)6)70-88(122(22,23)24)72-98(114)111-99(123(25,26)27)43-38-44-100(111)124(28,29)30/h31-75H,1-30H3/i31D,32D,33D,34D,35D,36D,37D,38D,39D,40D,41D,42D,43D,44D,45D,46D,47D,48D,49D,50D,52D,53D,54D,55D,63D,64D,66D,69D,70D,71D,72D. The summed E-state index contributed by atoms with van der Waals surface area (Å²) < 4.78 is 332. The van der Waals surface area contributed by atoms with Crippen LogP contribution < -0.4 is 26.2 Å². The molecule has 14 aromatic carbocycles. The molecule has 4 nitrogen and oxygen atoms in total. The number of para-hydroxylation sites is 2. The molecule has 2 aliphatic heterocycles. The van der Waals surface area contributed by atoms with Gasteiger partial charge in [-0.05, 0) is 250 Å². The Morgan fingerprint density at radius 2 is 0.597 bits per heavy atom. The fourth-order valence-electron chi connectivity index (χ4n) is 17.9. The summed E-state index contributed by atoms with van der Waals surface area (Å²) in [6, 6.07) is 5.45. The summed E-state index contributed by atoms with van der Waals surface area (Å²) in [5, 5.41) is 0.741. The van der Waals surface area contributed by atoms with Crippen molar-refractivity contribution >= 4 is 101 Å². The van der Waals surface area contributed by atoms with Gasteiger partial charge in [-0.25, -0.2) is 0 Å². The van der Waals surface area contributed by atoms with E-state index in [0.717, 1.165) is 21.9 Å². The molecule has 2 aromatic heterocycles. The van der Waals surface area contributed by atoms with Crippen molar-refractivity contribution in [3.63, 3.8) is 0 Å². The van der Waals surface area contributed by atoms with E-state index in [1.807, 2.05) is 30.3 Å². The Hall–Kier alpha value is -11.7. The van der Waals surface area contributed by atoms with Gasteiger partial charge in [-0.3, -0.25) is 0 Å². The molecule has 0 radical (unpaired) electrons. The SMILES string of the molecule is [2H]c1c([2H])c([2H])c(-c2ccc3c(c2)N(c2c(-c4c([2H])c([2H])c(C(C)(C)C)c([2H])c4[2H])c([2H])c(C(C)(C)C)c([2H])c2-c2c(C(C)(C)C)c([2H])c([2H])c([2H])c2C(C)(C)C)c2cc(-n4c5c([2H])c([2H])c([2H])c([2H])c5c5c([2H])c([2H])c([2H])c([2H])c54)cc4c2B3c2ccc(-n3c5ccc(C(C)(C)C)cc5c5cc(C(C)(C)C)ccc53)cc2N4c2c(-c3c([2H])c([2H])c(C(C)(C)C)c([2H])c3[2H])c([2H])c(C(C)(C)C)c([2H])c2-c2c([2H])c(C(C)(C)C)c([2H])c(C(C)(C)C)c2[2H])c([2H])c1[2H]. The van der Waals surface area contributed by atoms with Crippen molar-refractivity contribution in [3.05, 3.63) is 328 Å². The third-order valence-corrected chi connectivity index (χ3v) is 25.1. The monoisotopic (exact) mass is 1720 g/mol. The molecule has 18 rings (SSSR count). The van der Waals surface area contributed by atoms with Crippen LogP contribution in [0, 0.1) is 0 Å². The third-order valence-electron chi connectivity index (χ3n) is 25.1. The van der Waals surface area contributed by atoms with Crippen LogP contribution >= 0.6 is 0 Å². The largest absolute Gasteiger partial charge is 0.310 e. The Balaban J connectivity index is 1.27. The van der Waals surface area contributed by atoms with Gasteiger partial charge < -0.3 is 18.9 Å². The van der Waals surface area contributed by atoms with Gasteiger partial charge in [0.15, 0.2) is 0 Å². The molecule has 16 aromatic rings. The zero-order valence-corrected chi connectivity index (χ0v) is 80.4. The predicted molar refractivity (Wildman–Crippen MR) is 563 cm³/mol. The van der Waals surface area contributed by atoms with Gasteiger partial charge in [0.05, 0.1) is 81.6 Å². The van der Waals surface area contributed by atoms with E-state index < -0.39 is 298 Å². The first kappa shape index (κ1) is 58.1. The van der Waals surface area contributed by atoms with Gasteiger partial charge in [-0.15, -0.1) is 0 Å². The molecule has 654 valence electrons. The van der Waals surface area contributed by atoms with Crippen molar-refractivity contribution in [2.75, 3.05) is 9.80 Å². The predicted octanol–water partition coefficient (Wildman–Crippen LogP) is 33.3. The molecule has 0 saturated carbocycles. The minimum Gasteiger partial charge on any atom is -0.310 e. The molecular weight excluding hydrogens is 1560 g/mol. The molecule has 2 aliphatic rings. The number of rotatable bonds is 9. The zero-order valence-electron chi connectivity index (χ0n) is 111. The van der Waals surface area contributed by atoms with E-state index in [-0.39, 0.29) is 129 Å². The summed E-state index contributed by atoms with van der Waals surface area (Å²) in [4.78, 5) is 3.19. The van der Waals surface area contributed by atoms with Crippen molar-refractivity contribution < 1.29 is 42.5 Å². The van der Waals surface area contributed by atoms with Crippen LogP contribution in [0.25, 0.3) is 111 Å². The van der Waals surface area contributed by atoms with Crippen molar-refractivity contribution in [1.29, 1.82) is 0 Å². The first-order chi connectivity index (χ1) is 73.3. The minimum absolute atomic E-state index is 0.00771. The highest BCUT2D eigenvalue weighted by molar-refractivity contribution is 7.00. The van der Waals surface area contributed by atoms with Gasteiger partial charge in [-0.2, -0.15) is 0 Å². The second-order valence-corrected chi connectivity index (χ2v) is 45.5. The van der Waals surface area contributed by atoms with Crippen LogP contribution in [-0.2, 0) is 54.1 Å². The molecule has 0 bridgehead atoms. The quantitative estimate of drug-likeness (QED) is 0.134. The highest BCUT2D eigenvalue weighted by Gasteiger charge is 2.48. The third kappa shape index (κ3) is 15.6. The van der Waals surface area contributed by atoms with Crippen LogP contribution in [0.3, 0.4) is 0 Å². The molecule has 5 heteroatoms. The number of nitrogens with zero attached hydrogens (tertiary/aromatic N) is 4. The van der Waals surface area contributed by atoms with Crippen molar-refractivity contribution in [2.24, 2.45) is 0 Å². The summed E-state index contributed by atoms with van der Waals surface area (Å²) in [5.74, 6) is 0. The van der Waals surface area contributed by atoms with Crippen molar-refractivity contribution in [3.8, 4) is 67.0 Å². The van der Waals surface area contributed by atoms with Gasteiger partial charge in [0.25, 0.3) is 6.71 Å².